The molecular weight excluding hydrogens is 785 g/mol. The van der Waals surface area contributed by atoms with E-state index in [0.29, 0.717) is 30.1 Å². The van der Waals surface area contributed by atoms with Crippen molar-refractivity contribution >= 4 is 23.7 Å². The SMILES string of the molecule is C=C(C)C(=O)OCCCc1cc(-c2ccc(-c3ccc(C4CCC(CCCCC)CC4)cc3C)c(CC)c2)ccc1OCC(COC)(COC(=O)C(=C)C)COC(=O)C(=O)CO. The van der Waals surface area contributed by atoms with Crippen LogP contribution in [0.4, 0.5) is 0 Å². The van der Waals surface area contributed by atoms with Gasteiger partial charge in [0.05, 0.1) is 18.6 Å². The number of ether oxygens (including phenoxy) is 5. The average Bonchev–Trinajstić information content (AvgIpc) is 3.27. The fourth-order valence-electron chi connectivity index (χ4n) is 8.18. The molecule has 1 aliphatic carbocycles. The second-order valence-electron chi connectivity index (χ2n) is 17.1. The summed E-state index contributed by atoms with van der Waals surface area (Å²) in [6, 6.07) is 19.6. The highest BCUT2D eigenvalue weighted by atomic mass is 16.6. The van der Waals surface area contributed by atoms with Crippen LogP contribution in [-0.4, -0.2) is 75.5 Å². The Bertz CT molecular complexity index is 2020. The van der Waals surface area contributed by atoms with Gasteiger partial charge in [-0.2, -0.15) is 0 Å². The summed E-state index contributed by atoms with van der Waals surface area (Å²) in [5.41, 5.74) is 8.55. The van der Waals surface area contributed by atoms with Gasteiger partial charge >= 0.3 is 17.9 Å². The van der Waals surface area contributed by atoms with Gasteiger partial charge in [0.15, 0.2) is 0 Å². The van der Waals surface area contributed by atoms with Gasteiger partial charge in [0.1, 0.15) is 32.2 Å². The summed E-state index contributed by atoms with van der Waals surface area (Å²) in [7, 11) is 1.44. The molecule has 10 heteroatoms. The van der Waals surface area contributed by atoms with Crippen molar-refractivity contribution in [1.29, 1.82) is 0 Å². The molecule has 0 aliphatic heterocycles. The Morgan fingerprint density at radius 1 is 0.726 bits per heavy atom. The predicted molar refractivity (Wildman–Crippen MR) is 243 cm³/mol. The normalized spacial score (nSPS) is 15.9. The van der Waals surface area contributed by atoms with Gasteiger partial charge in [0, 0.05) is 18.3 Å². The lowest BCUT2D eigenvalue weighted by Crippen LogP contribution is -2.44. The molecule has 3 aromatic carbocycles. The average molecular weight is 853 g/mol. The van der Waals surface area contributed by atoms with E-state index in [2.05, 4.69) is 76.4 Å². The van der Waals surface area contributed by atoms with Crippen LogP contribution in [0.5, 0.6) is 5.75 Å². The minimum absolute atomic E-state index is 0.0735. The monoisotopic (exact) mass is 852 g/mol. The maximum atomic E-state index is 12.5. The number of aryl methyl sites for hydroxylation is 3. The minimum atomic E-state index is -1.24. The summed E-state index contributed by atoms with van der Waals surface area (Å²) < 4.78 is 28.1. The quantitative estimate of drug-likeness (QED) is 0.0289. The number of hydrogen-bond acceptors (Lipinski definition) is 10. The fourth-order valence-corrected chi connectivity index (χ4v) is 8.18. The van der Waals surface area contributed by atoms with Crippen molar-refractivity contribution < 1.29 is 48.0 Å². The van der Waals surface area contributed by atoms with Gasteiger partial charge in [-0.05, 0) is 134 Å². The maximum Gasteiger partial charge on any atom is 0.377 e. The molecule has 0 spiro atoms. The highest BCUT2D eigenvalue weighted by Gasteiger charge is 2.37. The van der Waals surface area contributed by atoms with Crippen molar-refractivity contribution in [1.82, 2.24) is 0 Å². The molecule has 0 bridgehead atoms. The van der Waals surface area contributed by atoms with Crippen LogP contribution in [0.3, 0.4) is 0 Å². The van der Waals surface area contributed by atoms with E-state index in [9.17, 15) is 24.3 Å². The molecule has 336 valence electrons. The molecule has 1 unspecified atom stereocenters. The molecule has 10 nitrogen and oxygen atoms in total. The first-order valence-electron chi connectivity index (χ1n) is 22.2. The van der Waals surface area contributed by atoms with Crippen molar-refractivity contribution in [3.8, 4) is 28.0 Å². The van der Waals surface area contributed by atoms with Crippen LogP contribution in [0.2, 0.25) is 0 Å². The summed E-state index contributed by atoms with van der Waals surface area (Å²) >= 11 is 0. The number of esters is 3. The Kier molecular flexibility index (Phi) is 19.6. The summed E-state index contributed by atoms with van der Waals surface area (Å²) in [5, 5.41) is 9.18. The van der Waals surface area contributed by atoms with Gasteiger partial charge in [0.25, 0.3) is 5.78 Å². The first-order valence-corrected chi connectivity index (χ1v) is 22.2. The van der Waals surface area contributed by atoms with Crippen molar-refractivity contribution in [2.75, 3.05) is 46.8 Å². The smallest absolute Gasteiger partial charge is 0.377 e. The molecule has 0 amide bonds. The lowest BCUT2D eigenvalue weighted by molar-refractivity contribution is -0.163. The van der Waals surface area contributed by atoms with Crippen molar-refractivity contribution in [2.45, 2.75) is 111 Å². The molecule has 1 N–H and O–H groups in total. The van der Waals surface area contributed by atoms with E-state index >= 15 is 0 Å². The first-order chi connectivity index (χ1) is 29.7. The minimum Gasteiger partial charge on any atom is -0.492 e. The van der Waals surface area contributed by atoms with Crippen molar-refractivity contribution in [3.63, 3.8) is 0 Å². The Labute approximate surface area is 369 Å². The summed E-state index contributed by atoms with van der Waals surface area (Å²) in [5.74, 6) is -1.44. The number of aliphatic hydroxyl groups is 1. The van der Waals surface area contributed by atoms with E-state index in [0.717, 1.165) is 29.0 Å². The second-order valence-corrected chi connectivity index (χ2v) is 17.1. The standard InChI is InChI=1S/C52H68O10/c1-9-11-12-14-38-16-18-40(19-17-38)41-20-23-45(37(7)27-41)46-24-21-42(28-39(46)10-2)43-22-25-48(44(29-43)15-13-26-59-49(55)35(3)4)60-32-52(31-58-8,33-61-50(56)36(5)6)34-62-51(57)47(54)30-53/h20-25,27-29,38,40,53H,3,5,9-19,26,30-34H2,1-2,4,6-8H3. The van der Waals surface area contributed by atoms with E-state index < -0.39 is 42.3 Å². The molecule has 62 heavy (non-hydrogen) atoms. The van der Waals surface area contributed by atoms with E-state index in [1.807, 2.05) is 12.1 Å². The second kappa shape index (κ2) is 24.5. The maximum absolute atomic E-state index is 12.5. The molecular formula is C52H68O10. The summed E-state index contributed by atoms with van der Waals surface area (Å²) in [4.78, 5) is 48.8. The van der Waals surface area contributed by atoms with E-state index in [-0.39, 0.29) is 32.0 Å². The van der Waals surface area contributed by atoms with Crippen LogP contribution >= 0.6 is 0 Å². The molecule has 1 aliphatic rings. The van der Waals surface area contributed by atoms with Crippen LogP contribution in [0, 0.1) is 18.3 Å². The van der Waals surface area contributed by atoms with Gasteiger partial charge in [-0.1, -0.05) is 95.2 Å². The van der Waals surface area contributed by atoms with Gasteiger partial charge < -0.3 is 28.8 Å². The van der Waals surface area contributed by atoms with Crippen LogP contribution in [-0.2, 0) is 51.0 Å². The molecule has 0 saturated heterocycles. The number of carbonyl (C=O) groups excluding carboxylic acids is 4. The Hall–Kier alpha value is -5.06. The van der Waals surface area contributed by atoms with E-state index in [1.165, 1.54) is 93.2 Å². The third kappa shape index (κ3) is 14.2. The van der Waals surface area contributed by atoms with Crippen molar-refractivity contribution in [2.24, 2.45) is 11.3 Å². The van der Waals surface area contributed by atoms with Crippen LogP contribution in [0.15, 0.2) is 78.9 Å². The largest absolute Gasteiger partial charge is 0.492 e. The third-order valence-electron chi connectivity index (χ3n) is 11.8. The zero-order chi connectivity index (χ0) is 45.2. The summed E-state index contributed by atoms with van der Waals surface area (Å²) in [6.45, 7) is 15.3. The van der Waals surface area contributed by atoms with Crippen LogP contribution < -0.4 is 4.74 Å². The number of unbranched alkanes of at least 4 members (excludes halogenated alkanes) is 2. The van der Waals surface area contributed by atoms with Crippen LogP contribution in [0.25, 0.3) is 22.3 Å². The predicted octanol–water partition coefficient (Wildman–Crippen LogP) is 10.0. The lowest BCUT2D eigenvalue weighted by atomic mass is 9.76. The highest BCUT2D eigenvalue weighted by Crippen LogP contribution is 2.40. The fraction of sp³-hybridized carbons (Fsp3) is 0.500. The molecule has 4 rings (SSSR count). The zero-order valence-corrected chi connectivity index (χ0v) is 37.9. The van der Waals surface area contributed by atoms with Crippen LogP contribution in [0.1, 0.15) is 114 Å². The molecule has 1 saturated carbocycles. The molecule has 0 radical (unpaired) electrons. The van der Waals surface area contributed by atoms with Gasteiger partial charge in [-0.3, -0.25) is 4.79 Å². The highest BCUT2D eigenvalue weighted by molar-refractivity contribution is 6.34. The number of benzene rings is 3. The number of methoxy groups -OCH3 is 1. The van der Waals surface area contributed by atoms with E-state index in [1.54, 1.807) is 6.92 Å². The van der Waals surface area contributed by atoms with Gasteiger partial charge in [-0.25, -0.2) is 14.4 Å². The Balaban J connectivity index is 1.61. The molecule has 0 aromatic heterocycles. The zero-order valence-electron chi connectivity index (χ0n) is 37.9. The molecule has 1 atom stereocenters. The number of Topliss-reactive ketones (excluding diaryl/α,β-unsaturated/α-hetero) is 1. The molecule has 3 aromatic rings. The van der Waals surface area contributed by atoms with Gasteiger partial charge in [0.2, 0.25) is 0 Å². The topological polar surface area (TPSA) is 135 Å². The Morgan fingerprint density at radius 2 is 1.35 bits per heavy atom. The molecule has 0 heterocycles. The number of aliphatic hydroxyl groups excluding tert-OH is 1. The lowest BCUT2D eigenvalue weighted by Gasteiger charge is -2.32. The van der Waals surface area contributed by atoms with Gasteiger partial charge in [-0.15, -0.1) is 0 Å². The number of carbonyl (C=O) groups is 4. The number of ketones is 1. The Morgan fingerprint density at radius 3 is 1.97 bits per heavy atom. The molecule has 1 fully saturated rings. The third-order valence-corrected chi connectivity index (χ3v) is 11.8. The summed E-state index contributed by atoms with van der Waals surface area (Å²) in [6.07, 6.45) is 12.4. The number of rotatable bonds is 25. The first kappa shape index (κ1) is 49.6. The number of hydrogen-bond donors (Lipinski definition) is 1. The van der Waals surface area contributed by atoms with E-state index in [4.69, 9.17) is 23.7 Å². The van der Waals surface area contributed by atoms with Crippen molar-refractivity contribution in [3.05, 3.63) is 101 Å².